The van der Waals surface area contributed by atoms with Crippen LogP contribution in [0, 0.1) is 0 Å². The zero-order valence-corrected chi connectivity index (χ0v) is 14.0. The second-order valence-electron chi connectivity index (χ2n) is 6.44. The van der Waals surface area contributed by atoms with Crippen molar-refractivity contribution in [3.8, 4) is 5.75 Å². The Kier molecular flexibility index (Phi) is 5.10. The minimum atomic E-state index is -1.06. The summed E-state index contributed by atoms with van der Waals surface area (Å²) in [6.45, 7) is 3.49. The first-order valence-electron chi connectivity index (χ1n) is 7.98. The van der Waals surface area contributed by atoms with Crippen molar-refractivity contribution in [3.05, 3.63) is 29.8 Å². The predicted molar refractivity (Wildman–Crippen MR) is 83.4 cm³/mol. The SMILES string of the molecule is COc1ccc(CO[C@@H]2[C@H]3OC(C)(C)O[C@H]3O[C@@H]2[C@H](O)CO)cc1. The van der Waals surface area contributed by atoms with E-state index in [1.54, 1.807) is 21.0 Å². The topological polar surface area (TPSA) is 86.6 Å². The Morgan fingerprint density at radius 2 is 1.92 bits per heavy atom. The molecule has 0 amide bonds. The fourth-order valence-corrected chi connectivity index (χ4v) is 3.02. The van der Waals surface area contributed by atoms with Gasteiger partial charge < -0.3 is 33.9 Å². The molecule has 0 spiro atoms. The van der Waals surface area contributed by atoms with Crippen molar-refractivity contribution in [1.29, 1.82) is 0 Å². The number of hydrogen-bond donors (Lipinski definition) is 2. The molecule has 0 saturated carbocycles. The summed E-state index contributed by atoms with van der Waals surface area (Å²) in [6, 6.07) is 7.51. The van der Waals surface area contributed by atoms with E-state index in [0.717, 1.165) is 11.3 Å². The van der Waals surface area contributed by atoms with Gasteiger partial charge in [0, 0.05) is 0 Å². The third kappa shape index (κ3) is 3.56. The highest BCUT2D eigenvalue weighted by Gasteiger charge is 2.56. The van der Waals surface area contributed by atoms with Crippen molar-refractivity contribution >= 4 is 0 Å². The summed E-state index contributed by atoms with van der Waals surface area (Å²) in [7, 11) is 1.61. The number of hydrogen-bond acceptors (Lipinski definition) is 7. The Morgan fingerprint density at radius 1 is 1.21 bits per heavy atom. The van der Waals surface area contributed by atoms with Crippen LogP contribution >= 0.6 is 0 Å². The van der Waals surface area contributed by atoms with Crippen LogP contribution in [-0.2, 0) is 25.6 Å². The van der Waals surface area contributed by atoms with E-state index in [1.165, 1.54) is 0 Å². The maximum atomic E-state index is 10.00. The van der Waals surface area contributed by atoms with Gasteiger partial charge in [-0.25, -0.2) is 0 Å². The van der Waals surface area contributed by atoms with Gasteiger partial charge in [-0.3, -0.25) is 0 Å². The Labute approximate surface area is 141 Å². The van der Waals surface area contributed by atoms with Gasteiger partial charge in [-0.15, -0.1) is 0 Å². The minimum absolute atomic E-state index is 0.319. The molecule has 7 heteroatoms. The van der Waals surface area contributed by atoms with Gasteiger partial charge in [-0.05, 0) is 31.5 Å². The summed E-state index contributed by atoms with van der Waals surface area (Å²) in [5.41, 5.74) is 0.953. The van der Waals surface area contributed by atoms with Gasteiger partial charge >= 0.3 is 0 Å². The molecule has 134 valence electrons. The van der Waals surface area contributed by atoms with E-state index in [9.17, 15) is 10.2 Å². The number of fused-ring (bicyclic) bond motifs is 1. The predicted octanol–water partition coefficient (Wildman–Crippen LogP) is 0.810. The van der Waals surface area contributed by atoms with Crippen molar-refractivity contribution in [2.24, 2.45) is 0 Å². The van der Waals surface area contributed by atoms with Crippen LogP contribution in [0.1, 0.15) is 19.4 Å². The summed E-state index contributed by atoms with van der Waals surface area (Å²) in [5.74, 6) is -0.00231. The zero-order chi connectivity index (χ0) is 17.3. The standard InChI is InChI=1S/C17H24O7/c1-17(2)23-15-14(13(12(19)8-18)22-16(15)24-17)21-9-10-4-6-11(20-3)7-5-10/h4-7,12-16,18-19H,8-9H2,1-3H3/t12-,13-,14+,15-,16-/m1/s1. The fourth-order valence-electron chi connectivity index (χ4n) is 3.02. The maximum Gasteiger partial charge on any atom is 0.190 e. The summed E-state index contributed by atoms with van der Waals surface area (Å²) in [5, 5.41) is 19.2. The van der Waals surface area contributed by atoms with E-state index in [-0.39, 0.29) is 0 Å². The van der Waals surface area contributed by atoms with E-state index in [2.05, 4.69) is 0 Å². The zero-order valence-electron chi connectivity index (χ0n) is 14.0. The number of methoxy groups -OCH3 is 1. The maximum absolute atomic E-state index is 10.00. The van der Waals surface area contributed by atoms with Crippen molar-refractivity contribution in [2.75, 3.05) is 13.7 Å². The van der Waals surface area contributed by atoms with E-state index in [4.69, 9.17) is 23.7 Å². The van der Waals surface area contributed by atoms with Crippen LogP contribution in [0.15, 0.2) is 24.3 Å². The number of aliphatic hydroxyl groups excluding tert-OH is 2. The quantitative estimate of drug-likeness (QED) is 0.792. The first-order valence-corrected chi connectivity index (χ1v) is 7.98. The van der Waals surface area contributed by atoms with E-state index in [1.807, 2.05) is 24.3 Å². The highest BCUT2D eigenvalue weighted by molar-refractivity contribution is 5.26. The largest absolute Gasteiger partial charge is 0.497 e. The summed E-state index contributed by atoms with van der Waals surface area (Å²) >= 11 is 0. The molecule has 2 saturated heterocycles. The fraction of sp³-hybridized carbons (Fsp3) is 0.647. The van der Waals surface area contributed by atoms with E-state index in [0.29, 0.717) is 6.61 Å². The highest BCUT2D eigenvalue weighted by Crippen LogP contribution is 2.39. The van der Waals surface area contributed by atoms with Crippen molar-refractivity contribution in [1.82, 2.24) is 0 Å². The lowest BCUT2D eigenvalue weighted by Crippen LogP contribution is -2.44. The summed E-state index contributed by atoms with van der Waals surface area (Å²) in [4.78, 5) is 0. The first-order chi connectivity index (χ1) is 11.4. The Hall–Kier alpha value is -1.22. The molecule has 24 heavy (non-hydrogen) atoms. The molecule has 0 unspecified atom stereocenters. The Balaban J connectivity index is 1.69. The van der Waals surface area contributed by atoms with Gasteiger partial charge in [-0.2, -0.15) is 0 Å². The molecular weight excluding hydrogens is 316 g/mol. The highest BCUT2D eigenvalue weighted by atomic mass is 16.8. The number of benzene rings is 1. The Bertz CT molecular complexity index is 544. The van der Waals surface area contributed by atoms with Crippen LogP contribution in [0.25, 0.3) is 0 Å². The number of aliphatic hydroxyl groups is 2. The molecule has 2 fully saturated rings. The molecule has 2 aliphatic rings. The molecule has 2 aliphatic heterocycles. The Morgan fingerprint density at radius 3 is 2.54 bits per heavy atom. The lowest BCUT2D eigenvalue weighted by atomic mass is 10.1. The van der Waals surface area contributed by atoms with Crippen molar-refractivity contribution in [2.45, 2.75) is 56.9 Å². The van der Waals surface area contributed by atoms with Crippen LogP contribution in [0.4, 0.5) is 0 Å². The molecule has 0 aliphatic carbocycles. The molecule has 3 rings (SSSR count). The number of rotatable bonds is 6. The van der Waals surface area contributed by atoms with E-state index < -0.39 is 43.1 Å². The summed E-state index contributed by atoms with van der Waals surface area (Å²) < 4.78 is 28.3. The molecule has 7 nitrogen and oxygen atoms in total. The third-order valence-electron chi connectivity index (χ3n) is 4.19. The average Bonchev–Trinajstić information content (AvgIpc) is 3.04. The second kappa shape index (κ2) is 6.95. The van der Waals surface area contributed by atoms with Crippen LogP contribution in [-0.4, -0.2) is 60.4 Å². The van der Waals surface area contributed by atoms with Crippen molar-refractivity contribution < 1.29 is 33.9 Å². The van der Waals surface area contributed by atoms with Gasteiger partial charge in [0.25, 0.3) is 0 Å². The van der Waals surface area contributed by atoms with Gasteiger partial charge in [-0.1, -0.05) is 12.1 Å². The molecular formula is C17H24O7. The van der Waals surface area contributed by atoms with Crippen LogP contribution < -0.4 is 4.74 Å². The van der Waals surface area contributed by atoms with E-state index >= 15 is 0 Å². The normalized spacial score (nSPS) is 32.5. The van der Waals surface area contributed by atoms with Crippen LogP contribution in [0.5, 0.6) is 5.75 Å². The first kappa shape index (κ1) is 17.6. The average molecular weight is 340 g/mol. The minimum Gasteiger partial charge on any atom is -0.497 e. The summed E-state index contributed by atoms with van der Waals surface area (Å²) in [6.07, 6.45) is -3.39. The number of ether oxygens (including phenoxy) is 5. The molecule has 1 aromatic carbocycles. The molecule has 0 aromatic heterocycles. The smallest absolute Gasteiger partial charge is 0.190 e. The monoisotopic (exact) mass is 340 g/mol. The lowest BCUT2D eigenvalue weighted by molar-refractivity contribution is -0.232. The van der Waals surface area contributed by atoms with Gasteiger partial charge in [0.2, 0.25) is 0 Å². The van der Waals surface area contributed by atoms with Gasteiger partial charge in [0.1, 0.15) is 30.2 Å². The second-order valence-corrected chi connectivity index (χ2v) is 6.44. The lowest BCUT2D eigenvalue weighted by Gasteiger charge is -2.28. The van der Waals surface area contributed by atoms with Crippen LogP contribution in [0.3, 0.4) is 0 Å². The van der Waals surface area contributed by atoms with Gasteiger partial charge in [0.15, 0.2) is 12.1 Å². The molecule has 5 atom stereocenters. The molecule has 1 aromatic rings. The van der Waals surface area contributed by atoms with Crippen LogP contribution in [0.2, 0.25) is 0 Å². The molecule has 2 heterocycles. The third-order valence-corrected chi connectivity index (χ3v) is 4.19. The molecule has 2 N–H and O–H groups in total. The van der Waals surface area contributed by atoms with Gasteiger partial charge in [0.05, 0.1) is 20.3 Å². The van der Waals surface area contributed by atoms with Crippen molar-refractivity contribution in [3.63, 3.8) is 0 Å². The molecule has 0 radical (unpaired) electrons. The molecule has 0 bridgehead atoms.